The number of anilines is 2. The molecule has 3 aromatic rings. The second-order valence-corrected chi connectivity index (χ2v) is 7.29. The van der Waals surface area contributed by atoms with Crippen molar-refractivity contribution in [3.63, 3.8) is 0 Å². The molecule has 172 valence electrons. The second-order valence-electron chi connectivity index (χ2n) is 6.89. The first-order chi connectivity index (χ1) is 16.4. The van der Waals surface area contributed by atoms with E-state index in [1.54, 1.807) is 30.3 Å². The summed E-state index contributed by atoms with van der Waals surface area (Å²) in [6.07, 6.45) is 1.38. The van der Waals surface area contributed by atoms with Crippen molar-refractivity contribution in [2.24, 2.45) is 0 Å². The van der Waals surface area contributed by atoms with Gasteiger partial charge in [-0.15, -0.1) is 0 Å². The third kappa shape index (κ3) is 6.82. The lowest BCUT2D eigenvalue weighted by atomic mass is 10.1. The topological polar surface area (TPSA) is 100 Å². The highest BCUT2D eigenvalue weighted by Crippen LogP contribution is 2.27. The van der Waals surface area contributed by atoms with Gasteiger partial charge >= 0.3 is 0 Å². The molecule has 0 unspecified atom stereocenters. The molecule has 0 bridgehead atoms. The normalized spacial score (nSPS) is 10.7. The Labute approximate surface area is 200 Å². The maximum absolute atomic E-state index is 12.9. The number of nitriles is 1. The van der Waals surface area contributed by atoms with Crippen LogP contribution in [0.1, 0.15) is 5.56 Å². The standard InChI is InChI=1S/C25H19ClFN3O4/c1-33-21-9-7-20(8-10-21)30-25(32)17(14-28)12-16-2-11-23(22(26)13-16)34-15-24(31)29-19-5-3-18(27)4-6-19/h2-13H,15H2,1H3,(H,29,31)(H,30,32). The monoisotopic (exact) mass is 479 g/mol. The van der Waals surface area contributed by atoms with E-state index in [-0.39, 0.29) is 23.0 Å². The number of rotatable bonds is 8. The van der Waals surface area contributed by atoms with Crippen LogP contribution in [-0.4, -0.2) is 25.5 Å². The number of amides is 2. The average molecular weight is 480 g/mol. The molecule has 34 heavy (non-hydrogen) atoms. The van der Waals surface area contributed by atoms with Crippen molar-refractivity contribution in [1.82, 2.24) is 0 Å². The first kappa shape index (κ1) is 24.3. The number of nitrogens with one attached hydrogen (secondary N) is 2. The number of benzene rings is 3. The lowest BCUT2D eigenvalue weighted by Crippen LogP contribution is -2.20. The number of hydrogen-bond acceptors (Lipinski definition) is 5. The summed E-state index contributed by atoms with van der Waals surface area (Å²) in [5, 5.41) is 14.8. The van der Waals surface area contributed by atoms with Crippen LogP contribution in [0.2, 0.25) is 5.02 Å². The van der Waals surface area contributed by atoms with Crippen LogP contribution in [0, 0.1) is 17.1 Å². The minimum atomic E-state index is -0.582. The fraction of sp³-hybridized carbons (Fsp3) is 0.0800. The van der Waals surface area contributed by atoms with E-state index in [1.807, 2.05) is 6.07 Å². The minimum Gasteiger partial charge on any atom is -0.497 e. The Bertz CT molecular complexity index is 1250. The van der Waals surface area contributed by atoms with E-state index in [1.165, 1.54) is 49.6 Å². The third-order valence-corrected chi connectivity index (χ3v) is 4.76. The SMILES string of the molecule is COc1ccc(NC(=O)C(C#N)=Cc2ccc(OCC(=O)Nc3ccc(F)cc3)c(Cl)c2)cc1. The first-order valence-corrected chi connectivity index (χ1v) is 10.3. The van der Waals surface area contributed by atoms with E-state index >= 15 is 0 Å². The molecule has 0 saturated carbocycles. The average Bonchev–Trinajstić information content (AvgIpc) is 2.83. The molecule has 3 rings (SSSR count). The molecule has 0 aliphatic heterocycles. The van der Waals surface area contributed by atoms with Crippen molar-refractivity contribution in [3.05, 3.63) is 88.7 Å². The van der Waals surface area contributed by atoms with E-state index in [2.05, 4.69) is 10.6 Å². The van der Waals surface area contributed by atoms with Gasteiger partial charge in [0.05, 0.1) is 12.1 Å². The van der Waals surface area contributed by atoms with Gasteiger partial charge < -0.3 is 20.1 Å². The van der Waals surface area contributed by atoms with Gasteiger partial charge in [0, 0.05) is 11.4 Å². The van der Waals surface area contributed by atoms with Crippen LogP contribution >= 0.6 is 11.6 Å². The van der Waals surface area contributed by atoms with E-state index in [0.717, 1.165) is 0 Å². The zero-order chi connectivity index (χ0) is 24.5. The molecule has 0 radical (unpaired) electrons. The van der Waals surface area contributed by atoms with Crippen LogP contribution < -0.4 is 20.1 Å². The predicted molar refractivity (Wildman–Crippen MR) is 127 cm³/mol. The Morgan fingerprint density at radius 2 is 1.68 bits per heavy atom. The summed E-state index contributed by atoms with van der Waals surface area (Å²) in [7, 11) is 1.54. The number of hydrogen-bond donors (Lipinski definition) is 2. The molecular formula is C25H19ClFN3O4. The predicted octanol–water partition coefficient (Wildman–Crippen LogP) is 5.05. The molecule has 0 fully saturated rings. The summed E-state index contributed by atoms with van der Waals surface area (Å²) in [5.74, 6) is -0.559. The zero-order valence-corrected chi connectivity index (χ0v) is 18.7. The molecule has 0 saturated heterocycles. The molecule has 0 aliphatic rings. The maximum Gasteiger partial charge on any atom is 0.266 e. The number of nitrogens with zero attached hydrogens (tertiary/aromatic N) is 1. The van der Waals surface area contributed by atoms with Gasteiger partial charge in [-0.3, -0.25) is 9.59 Å². The molecule has 2 amide bonds. The van der Waals surface area contributed by atoms with Gasteiger partial charge in [0.15, 0.2) is 6.61 Å². The largest absolute Gasteiger partial charge is 0.497 e. The minimum absolute atomic E-state index is 0.126. The van der Waals surface area contributed by atoms with Crippen molar-refractivity contribution in [1.29, 1.82) is 5.26 Å². The molecule has 0 aromatic heterocycles. The quantitative estimate of drug-likeness (QED) is 0.348. The maximum atomic E-state index is 12.9. The van der Waals surface area contributed by atoms with E-state index in [4.69, 9.17) is 21.1 Å². The Hall–Kier alpha value is -4.35. The van der Waals surface area contributed by atoms with E-state index < -0.39 is 17.6 Å². The van der Waals surface area contributed by atoms with E-state index in [9.17, 15) is 19.2 Å². The summed E-state index contributed by atoms with van der Waals surface area (Å²) < 4.78 is 23.4. The molecule has 0 spiro atoms. The molecule has 7 nitrogen and oxygen atoms in total. The highest BCUT2D eigenvalue weighted by Gasteiger charge is 2.12. The van der Waals surface area contributed by atoms with Crippen LogP contribution in [0.4, 0.5) is 15.8 Å². The van der Waals surface area contributed by atoms with Crippen LogP contribution in [0.15, 0.2) is 72.3 Å². The zero-order valence-electron chi connectivity index (χ0n) is 18.0. The van der Waals surface area contributed by atoms with Crippen molar-refractivity contribution in [2.75, 3.05) is 24.4 Å². The van der Waals surface area contributed by atoms with Gasteiger partial charge in [-0.1, -0.05) is 17.7 Å². The number of halogens is 2. The molecule has 9 heteroatoms. The van der Waals surface area contributed by atoms with Crippen LogP contribution in [-0.2, 0) is 9.59 Å². The number of ether oxygens (including phenoxy) is 2. The van der Waals surface area contributed by atoms with Crippen molar-refractivity contribution in [3.8, 4) is 17.6 Å². The Morgan fingerprint density at radius 3 is 2.29 bits per heavy atom. The third-order valence-electron chi connectivity index (χ3n) is 4.47. The van der Waals surface area contributed by atoms with Gasteiger partial charge in [0.2, 0.25) is 0 Å². The van der Waals surface area contributed by atoms with Gasteiger partial charge in [-0.2, -0.15) is 5.26 Å². The summed E-state index contributed by atoms with van der Waals surface area (Å²) in [6.45, 7) is -0.319. The Kier molecular flexibility index (Phi) is 8.21. The summed E-state index contributed by atoms with van der Waals surface area (Å²) in [5.41, 5.74) is 1.31. The molecule has 0 atom stereocenters. The fourth-order valence-corrected chi connectivity index (χ4v) is 3.03. The highest BCUT2D eigenvalue weighted by atomic mass is 35.5. The number of carbonyl (C=O) groups is 2. The van der Waals surface area contributed by atoms with Crippen molar-refractivity contribution >= 4 is 40.9 Å². The highest BCUT2D eigenvalue weighted by molar-refractivity contribution is 6.32. The summed E-state index contributed by atoms with van der Waals surface area (Å²) >= 11 is 6.23. The van der Waals surface area contributed by atoms with Gasteiger partial charge in [0.25, 0.3) is 11.8 Å². The summed E-state index contributed by atoms with van der Waals surface area (Å²) in [6, 6.07) is 18.5. The van der Waals surface area contributed by atoms with Crippen molar-refractivity contribution < 1.29 is 23.5 Å². The number of carbonyl (C=O) groups excluding carboxylic acids is 2. The van der Waals surface area contributed by atoms with Gasteiger partial charge in [0.1, 0.15) is 29.0 Å². The van der Waals surface area contributed by atoms with Crippen LogP contribution in [0.3, 0.4) is 0 Å². The van der Waals surface area contributed by atoms with Gasteiger partial charge in [-0.25, -0.2) is 4.39 Å². The molecular weight excluding hydrogens is 461 g/mol. The van der Waals surface area contributed by atoms with Crippen LogP contribution in [0.5, 0.6) is 11.5 Å². The lowest BCUT2D eigenvalue weighted by molar-refractivity contribution is -0.118. The Morgan fingerprint density at radius 1 is 1.03 bits per heavy atom. The van der Waals surface area contributed by atoms with E-state index in [0.29, 0.717) is 22.7 Å². The van der Waals surface area contributed by atoms with Crippen molar-refractivity contribution in [2.45, 2.75) is 0 Å². The molecule has 0 aliphatic carbocycles. The van der Waals surface area contributed by atoms with Gasteiger partial charge in [-0.05, 0) is 72.3 Å². The second kappa shape index (κ2) is 11.5. The molecule has 0 heterocycles. The smallest absolute Gasteiger partial charge is 0.266 e. The lowest BCUT2D eigenvalue weighted by Gasteiger charge is -2.10. The first-order valence-electron chi connectivity index (χ1n) is 9.93. The van der Waals surface area contributed by atoms with Crippen LogP contribution in [0.25, 0.3) is 6.08 Å². The molecule has 2 N–H and O–H groups in total. The Balaban J connectivity index is 1.61. The fourth-order valence-electron chi connectivity index (χ4n) is 2.79. The summed E-state index contributed by atoms with van der Waals surface area (Å²) in [4.78, 5) is 24.5. The molecule has 3 aromatic carbocycles. The number of methoxy groups -OCH3 is 1.